The molecule has 0 fully saturated rings. The zero-order valence-corrected chi connectivity index (χ0v) is 10.2. The van der Waals surface area contributed by atoms with Crippen LogP contribution in [0.25, 0.3) is 10.8 Å². The average molecular weight is 248 g/mol. The van der Waals surface area contributed by atoms with E-state index in [0.717, 1.165) is 10.8 Å². The van der Waals surface area contributed by atoms with E-state index in [4.69, 9.17) is 11.7 Å². The van der Waals surface area contributed by atoms with Gasteiger partial charge in [0, 0.05) is 12.5 Å². The van der Waals surface area contributed by atoms with Crippen molar-refractivity contribution in [3.8, 4) is 17.2 Å². The molecule has 0 amide bonds. The van der Waals surface area contributed by atoms with E-state index in [2.05, 4.69) is 0 Å². The monoisotopic (exact) mass is 248 g/mol. The zero-order valence-electron chi connectivity index (χ0n) is 10.2. The summed E-state index contributed by atoms with van der Waals surface area (Å²) in [7, 11) is 0. The Morgan fingerprint density at radius 3 is 2.47 bits per heavy atom. The largest absolute Gasteiger partial charge is 0.508 e. The SMILES string of the molecule is [CH]c1c(O)cccc1Oc1ccc2ccccc2c1. The molecule has 92 valence electrons. The first-order valence-electron chi connectivity index (χ1n) is 5.98. The molecule has 0 saturated carbocycles. The van der Waals surface area contributed by atoms with E-state index in [0.29, 0.717) is 11.5 Å². The number of fused-ring (bicyclic) bond motifs is 1. The van der Waals surface area contributed by atoms with E-state index >= 15 is 0 Å². The van der Waals surface area contributed by atoms with Gasteiger partial charge in [0.15, 0.2) is 0 Å². The van der Waals surface area contributed by atoms with Gasteiger partial charge < -0.3 is 9.84 Å². The van der Waals surface area contributed by atoms with Gasteiger partial charge in [0.25, 0.3) is 0 Å². The summed E-state index contributed by atoms with van der Waals surface area (Å²) in [6.45, 7) is 5.77. The Morgan fingerprint density at radius 2 is 1.63 bits per heavy atom. The van der Waals surface area contributed by atoms with Gasteiger partial charge in [-0.15, -0.1) is 0 Å². The summed E-state index contributed by atoms with van der Waals surface area (Å²) < 4.78 is 5.71. The van der Waals surface area contributed by atoms with Gasteiger partial charge in [0.1, 0.15) is 17.2 Å². The fourth-order valence-corrected chi connectivity index (χ4v) is 1.98. The molecule has 0 atom stereocenters. The van der Waals surface area contributed by atoms with Crippen molar-refractivity contribution in [3.63, 3.8) is 0 Å². The Kier molecular flexibility index (Phi) is 2.84. The minimum absolute atomic E-state index is 0.0262. The summed E-state index contributed by atoms with van der Waals surface area (Å²) in [5.74, 6) is 1.17. The first-order chi connectivity index (χ1) is 9.24. The first-order valence-corrected chi connectivity index (χ1v) is 5.98. The molecule has 2 nitrogen and oxygen atoms in total. The second-order valence-electron chi connectivity index (χ2n) is 4.30. The fraction of sp³-hybridized carbons (Fsp3) is 0. The highest BCUT2D eigenvalue weighted by Gasteiger charge is 2.05. The van der Waals surface area contributed by atoms with Crippen molar-refractivity contribution in [1.29, 1.82) is 0 Å². The highest BCUT2D eigenvalue weighted by Crippen LogP contribution is 2.31. The third-order valence-corrected chi connectivity index (χ3v) is 2.99. The molecule has 0 aromatic heterocycles. The lowest BCUT2D eigenvalue weighted by Crippen LogP contribution is -1.87. The van der Waals surface area contributed by atoms with Crippen molar-refractivity contribution < 1.29 is 9.84 Å². The molecule has 2 radical (unpaired) electrons. The van der Waals surface area contributed by atoms with Crippen molar-refractivity contribution in [2.75, 3.05) is 0 Å². The molecule has 0 aliphatic carbocycles. The van der Waals surface area contributed by atoms with Crippen LogP contribution in [0.15, 0.2) is 60.7 Å². The smallest absolute Gasteiger partial charge is 0.134 e. The second-order valence-corrected chi connectivity index (χ2v) is 4.30. The maximum Gasteiger partial charge on any atom is 0.134 e. The highest BCUT2D eigenvalue weighted by atomic mass is 16.5. The Morgan fingerprint density at radius 1 is 0.842 bits per heavy atom. The van der Waals surface area contributed by atoms with Crippen LogP contribution in [0, 0.1) is 6.92 Å². The molecule has 3 rings (SSSR count). The first kappa shape index (κ1) is 11.6. The number of phenolic OH excluding ortho intramolecular Hbond substituents is 1. The van der Waals surface area contributed by atoms with E-state index in [1.54, 1.807) is 12.1 Å². The fourth-order valence-electron chi connectivity index (χ4n) is 1.98. The number of aromatic hydroxyl groups is 1. The van der Waals surface area contributed by atoms with Crippen LogP contribution in [-0.2, 0) is 0 Å². The highest BCUT2D eigenvalue weighted by molar-refractivity contribution is 5.83. The van der Waals surface area contributed by atoms with Crippen LogP contribution in [0.5, 0.6) is 17.2 Å². The molecule has 2 heteroatoms. The Hall–Kier alpha value is -2.48. The third-order valence-electron chi connectivity index (χ3n) is 2.99. The van der Waals surface area contributed by atoms with E-state index in [9.17, 15) is 5.11 Å². The zero-order chi connectivity index (χ0) is 13.2. The number of phenols is 1. The quantitative estimate of drug-likeness (QED) is 0.728. The van der Waals surface area contributed by atoms with Crippen LogP contribution in [0.4, 0.5) is 0 Å². The molecule has 0 aliphatic heterocycles. The van der Waals surface area contributed by atoms with Crippen molar-refractivity contribution in [3.05, 3.63) is 73.2 Å². The van der Waals surface area contributed by atoms with Crippen molar-refractivity contribution in [1.82, 2.24) is 0 Å². The third kappa shape index (κ3) is 2.25. The Bertz CT molecular complexity index is 732. The summed E-state index contributed by atoms with van der Waals surface area (Å²) in [6, 6.07) is 18.8. The van der Waals surface area contributed by atoms with Crippen LogP contribution >= 0.6 is 0 Å². The van der Waals surface area contributed by atoms with Crippen molar-refractivity contribution in [2.45, 2.75) is 0 Å². The molecule has 0 unspecified atom stereocenters. The van der Waals surface area contributed by atoms with Gasteiger partial charge >= 0.3 is 0 Å². The number of ether oxygens (including phenoxy) is 1. The molecule has 1 N–H and O–H groups in total. The predicted molar refractivity (Wildman–Crippen MR) is 75.5 cm³/mol. The van der Waals surface area contributed by atoms with Gasteiger partial charge in [-0.25, -0.2) is 0 Å². The summed E-state index contributed by atoms with van der Waals surface area (Å²) in [4.78, 5) is 0. The normalized spacial score (nSPS) is 10.6. The topological polar surface area (TPSA) is 29.5 Å². The Balaban J connectivity index is 1.99. The van der Waals surface area contributed by atoms with Gasteiger partial charge in [-0.3, -0.25) is 0 Å². The number of hydrogen-bond donors (Lipinski definition) is 1. The molecule has 0 aliphatic rings. The molecule has 0 saturated heterocycles. The van der Waals surface area contributed by atoms with Gasteiger partial charge in [0.05, 0.1) is 0 Å². The lowest BCUT2D eigenvalue weighted by Gasteiger charge is -2.10. The van der Waals surface area contributed by atoms with Crippen LogP contribution in [0.2, 0.25) is 0 Å². The molecular weight excluding hydrogens is 236 g/mol. The van der Waals surface area contributed by atoms with E-state index in [1.807, 2.05) is 42.5 Å². The van der Waals surface area contributed by atoms with Crippen LogP contribution in [0.1, 0.15) is 5.56 Å². The molecule has 3 aromatic carbocycles. The van der Waals surface area contributed by atoms with Crippen LogP contribution in [-0.4, -0.2) is 5.11 Å². The van der Waals surface area contributed by atoms with E-state index in [1.165, 1.54) is 6.07 Å². The molecule has 0 spiro atoms. The minimum Gasteiger partial charge on any atom is -0.508 e. The average Bonchev–Trinajstić information content (AvgIpc) is 2.44. The van der Waals surface area contributed by atoms with E-state index < -0.39 is 0 Å². The van der Waals surface area contributed by atoms with Crippen molar-refractivity contribution >= 4 is 10.8 Å². The van der Waals surface area contributed by atoms with E-state index in [-0.39, 0.29) is 11.3 Å². The molecule has 19 heavy (non-hydrogen) atoms. The van der Waals surface area contributed by atoms with Crippen LogP contribution in [0.3, 0.4) is 0 Å². The maximum absolute atomic E-state index is 9.54. The van der Waals surface area contributed by atoms with Crippen LogP contribution < -0.4 is 4.74 Å². The minimum atomic E-state index is 0.0262. The van der Waals surface area contributed by atoms with Gasteiger partial charge in [-0.1, -0.05) is 36.4 Å². The number of hydrogen-bond acceptors (Lipinski definition) is 2. The second kappa shape index (κ2) is 4.65. The molecular formula is C17H12O2. The lowest BCUT2D eigenvalue weighted by atomic mass is 10.1. The van der Waals surface area contributed by atoms with Gasteiger partial charge in [-0.2, -0.15) is 0 Å². The molecule has 3 aromatic rings. The molecule has 0 bridgehead atoms. The predicted octanol–water partition coefficient (Wildman–Crippen LogP) is 4.40. The Labute approximate surface area is 111 Å². The summed E-state index contributed by atoms with van der Waals surface area (Å²) in [5, 5.41) is 11.8. The summed E-state index contributed by atoms with van der Waals surface area (Å²) >= 11 is 0. The summed E-state index contributed by atoms with van der Waals surface area (Å²) in [5.41, 5.74) is 0.246. The van der Waals surface area contributed by atoms with Crippen molar-refractivity contribution in [2.24, 2.45) is 0 Å². The van der Waals surface area contributed by atoms with Gasteiger partial charge in [0.2, 0.25) is 0 Å². The number of rotatable bonds is 2. The lowest BCUT2D eigenvalue weighted by molar-refractivity contribution is 0.451. The summed E-state index contributed by atoms with van der Waals surface area (Å²) in [6.07, 6.45) is 0. The standard InChI is InChI=1S/C17H12O2/c1-12-16(18)7-4-8-17(12)19-15-10-9-13-5-2-3-6-14(13)11-15/h1-11,18H. The maximum atomic E-state index is 9.54. The molecule has 0 heterocycles. The van der Waals surface area contributed by atoms with Gasteiger partial charge in [-0.05, 0) is 35.0 Å². The number of benzene rings is 3.